The highest BCUT2D eigenvalue weighted by molar-refractivity contribution is 6.43. The van der Waals surface area contributed by atoms with E-state index in [1.54, 1.807) is 72.8 Å². The lowest BCUT2D eigenvalue weighted by molar-refractivity contribution is 0.0373. The van der Waals surface area contributed by atoms with Crippen molar-refractivity contribution in [2.45, 2.75) is 27.7 Å². The minimum Gasteiger partial charge on any atom is -0.457 e. The summed E-state index contributed by atoms with van der Waals surface area (Å²) in [5.41, 5.74) is 4.32. The van der Waals surface area contributed by atoms with Crippen molar-refractivity contribution in [1.82, 2.24) is 0 Å². The van der Waals surface area contributed by atoms with Crippen molar-refractivity contribution in [3.8, 4) is 46.0 Å². The van der Waals surface area contributed by atoms with E-state index < -0.39 is 23.9 Å². The van der Waals surface area contributed by atoms with E-state index in [1.807, 2.05) is 76.2 Å². The van der Waals surface area contributed by atoms with Gasteiger partial charge in [-0.15, -0.1) is 0 Å². The smallest absolute Gasteiger partial charge is 0.346 e. The molecule has 2 aliphatic heterocycles. The first-order valence-corrected chi connectivity index (χ1v) is 19.9. The summed E-state index contributed by atoms with van der Waals surface area (Å²) in [6.07, 6.45) is 0. The van der Waals surface area contributed by atoms with Crippen LogP contribution in [-0.2, 0) is 9.47 Å². The zero-order chi connectivity index (χ0) is 42.6. The Kier molecular flexibility index (Phi) is 8.10. The molecule has 0 amide bonds. The summed E-state index contributed by atoms with van der Waals surface area (Å²) in [5.74, 6) is -0.852. The third-order valence-electron chi connectivity index (χ3n) is 11.4. The summed E-state index contributed by atoms with van der Waals surface area (Å²) in [5, 5.41) is 3.01. The number of hydrogen-bond donors (Lipinski definition) is 0. The second-order valence-electron chi connectivity index (χ2n) is 15.7. The van der Waals surface area contributed by atoms with E-state index in [0.29, 0.717) is 66.1 Å². The van der Waals surface area contributed by atoms with Crippen LogP contribution in [-0.4, -0.2) is 23.9 Å². The maximum Gasteiger partial charge on any atom is 0.346 e. The molecule has 0 aliphatic carbocycles. The summed E-state index contributed by atoms with van der Waals surface area (Å²) < 4.78 is 37.9. The fraction of sp³-hybridized carbons (Fsp3) is 0.0769. The van der Waals surface area contributed by atoms with Gasteiger partial charge in [0.2, 0.25) is 0 Å². The van der Waals surface area contributed by atoms with Crippen LogP contribution in [0.1, 0.15) is 63.7 Å². The van der Waals surface area contributed by atoms with Gasteiger partial charge in [0, 0.05) is 43.1 Å². The first kappa shape index (κ1) is 36.8. The van der Waals surface area contributed by atoms with E-state index in [4.69, 9.17) is 28.4 Å². The van der Waals surface area contributed by atoms with Crippen molar-refractivity contribution in [1.29, 1.82) is 0 Å². The van der Waals surface area contributed by atoms with E-state index in [9.17, 15) is 19.2 Å². The molecule has 0 atom stereocenters. The summed E-state index contributed by atoms with van der Waals surface area (Å²) in [7, 11) is 0. The Hall–Kier alpha value is -8.24. The van der Waals surface area contributed by atoms with Gasteiger partial charge in [0.25, 0.3) is 0 Å². The van der Waals surface area contributed by atoms with Crippen LogP contribution in [0.2, 0.25) is 0 Å². The number of hydrogen-bond acceptors (Lipinski definition) is 10. The number of fused-ring (bicyclic) bond motifs is 2. The van der Waals surface area contributed by atoms with Crippen LogP contribution in [0, 0.1) is 27.7 Å². The second-order valence-corrected chi connectivity index (χ2v) is 15.7. The maximum absolute atomic E-state index is 13.9. The predicted molar refractivity (Wildman–Crippen MR) is 232 cm³/mol. The molecule has 62 heavy (non-hydrogen) atoms. The van der Waals surface area contributed by atoms with Gasteiger partial charge in [-0.1, -0.05) is 70.8 Å². The molecule has 0 aromatic heterocycles. The van der Waals surface area contributed by atoms with Gasteiger partial charge in [-0.2, -0.15) is 0 Å². The van der Waals surface area contributed by atoms with Crippen molar-refractivity contribution < 1.29 is 47.6 Å². The van der Waals surface area contributed by atoms with Crippen LogP contribution in [0.5, 0.6) is 46.0 Å². The largest absolute Gasteiger partial charge is 0.457 e. The van der Waals surface area contributed by atoms with Gasteiger partial charge in [0.15, 0.2) is 0 Å². The molecule has 0 saturated carbocycles. The molecule has 0 spiro atoms. The molecule has 11 rings (SSSR count). The number of carbonyl (C=O) groups excluding carboxylic acids is 4. The van der Waals surface area contributed by atoms with Gasteiger partial charge in [-0.05, 0) is 100 Å². The van der Waals surface area contributed by atoms with Crippen molar-refractivity contribution in [3.63, 3.8) is 0 Å². The Morgan fingerprint density at radius 2 is 0.500 bits per heavy atom. The van der Waals surface area contributed by atoms with Crippen LogP contribution < -0.4 is 18.9 Å². The van der Waals surface area contributed by atoms with Crippen molar-refractivity contribution in [2.24, 2.45) is 0 Å². The van der Waals surface area contributed by atoms with E-state index in [0.717, 1.165) is 22.3 Å². The first-order chi connectivity index (χ1) is 30.0. The molecule has 10 heteroatoms. The van der Waals surface area contributed by atoms with Gasteiger partial charge in [-0.3, -0.25) is 0 Å². The zero-order valence-electron chi connectivity index (χ0n) is 33.6. The first-order valence-electron chi connectivity index (χ1n) is 19.9. The number of benzene rings is 9. The summed E-state index contributed by atoms with van der Waals surface area (Å²) in [4.78, 5) is 55.7. The standard InChI is InChI=1S/C52H32O10/c1-25-5-13-29(14-6-25)57-37-21-33-41-34(50(54)61-49(33)53)23-39(59-31-17-9-27(3)10-18-31)45-46-40(60-32-19-11-28(4)12-20-32)24-36-42-35(51(55)62-52(36)56)22-38(44(48(42)46)43(37)47(41)45)58-30-15-7-26(2)8-16-30/h5-24H,1-4H3. The molecule has 0 radical (unpaired) electrons. The molecule has 0 unspecified atom stereocenters. The number of carbonyl (C=O) groups is 4. The van der Waals surface area contributed by atoms with Gasteiger partial charge >= 0.3 is 23.9 Å². The van der Waals surface area contributed by atoms with Gasteiger partial charge in [0.05, 0.1) is 22.3 Å². The lowest BCUT2D eigenvalue weighted by Crippen LogP contribution is -2.21. The number of ether oxygens (including phenoxy) is 6. The number of esters is 4. The van der Waals surface area contributed by atoms with Crippen molar-refractivity contribution in [2.75, 3.05) is 0 Å². The zero-order valence-corrected chi connectivity index (χ0v) is 33.6. The van der Waals surface area contributed by atoms with Gasteiger partial charge in [0.1, 0.15) is 46.0 Å². The molecule has 0 saturated heterocycles. The molecule has 2 aliphatic rings. The summed E-state index contributed by atoms with van der Waals surface area (Å²) >= 11 is 0. The minimum absolute atomic E-state index is 0.0819. The minimum atomic E-state index is -0.863. The third-order valence-corrected chi connectivity index (χ3v) is 11.4. The number of cyclic esters (lactones) is 4. The highest BCUT2D eigenvalue weighted by atomic mass is 16.6. The van der Waals surface area contributed by atoms with E-state index >= 15 is 0 Å². The monoisotopic (exact) mass is 816 g/mol. The third kappa shape index (κ3) is 5.79. The predicted octanol–water partition coefficient (Wildman–Crippen LogP) is 12.8. The van der Waals surface area contributed by atoms with Crippen LogP contribution in [0.25, 0.3) is 43.1 Å². The Morgan fingerprint density at radius 3 is 0.710 bits per heavy atom. The highest BCUT2D eigenvalue weighted by Gasteiger charge is 2.38. The Morgan fingerprint density at radius 1 is 0.290 bits per heavy atom. The topological polar surface area (TPSA) is 124 Å². The lowest BCUT2D eigenvalue weighted by atomic mass is 9.82. The molecular weight excluding hydrogens is 785 g/mol. The fourth-order valence-corrected chi connectivity index (χ4v) is 8.45. The average Bonchev–Trinajstić information content (AvgIpc) is 3.25. The van der Waals surface area contributed by atoms with E-state index in [1.165, 1.54) is 0 Å². The molecule has 0 bridgehead atoms. The molecule has 300 valence electrons. The Balaban J connectivity index is 1.40. The lowest BCUT2D eigenvalue weighted by Gasteiger charge is -2.28. The van der Waals surface area contributed by atoms with E-state index in [2.05, 4.69) is 0 Å². The Bertz CT molecular complexity index is 2970. The van der Waals surface area contributed by atoms with Crippen LogP contribution in [0.15, 0.2) is 121 Å². The van der Waals surface area contributed by atoms with Gasteiger partial charge in [-0.25, -0.2) is 19.2 Å². The molecule has 9 aromatic carbocycles. The van der Waals surface area contributed by atoms with Crippen LogP contribution >= 0.6 is 0 Å². The van der Waals surface area contributed by atoms with Crippen molar-refractivity contribution >= 4 is 67.0 Å². The number of aryl methyl sites for hydroxylation is 4. The van der Waals surface area contributed by atoms with Crippen molar-refractivity contribution in [3.05, 3.63) is 166 Å². The van der Waals surface area contributed by atoms with Crippen LogP contribution in [0.4, 0.5) is 0 Å². The Labute approximate surface area is 353 Å². The average molecular weight is 817 g/mol. The molecular formula is C52H32O10. The SMILES string of the molecule is Cc1ccc(Oc2cc3c4c(cc(Oc5ccc(C)cc5)c5c6c(Oc7ccc(C)cc7)cc7c8c(cc(Oc9ccc(C)cc9)c(c2c45)c86)C(=O)OC7=O)C(=O)OC3=O)cc1. The highest BCUT2D eigenvalue weighted by Crippen LogP contribution is 2.57. The molecule has 2 heterocycles. The van der Waals surface area contributed by atoms with E-state index in [-0.39, 0.29) is 45.3 Å². The molecule has 9 aromatic rings. The van der Waals surface area contributed by atoms with Crippen LogP contribution in [0.3, 0.4) is 0 Å². The summed E-state index contributed by atoms with van der Waals surface area (Å²) in [6.45, 7) is 7.83. The second kappa shape index (κ2) is 13.7. The fourth-order valence-electron chi connectivity index (χ4n) is 8.45. The molecule has 0 fully saturated rings. The summed E-state index contributed by atoms with van der Waals surface area (Å²) in [6, 6.07) is 35.8. The molecule has 0 N–H and O–H groups in total. The quantitative estimate of drug-likeness (QED) is 0.0633. The number of rotatable bonds is 8. The molecule has 10 nitrogen and oxygen atoms in total. The van der Waals surface area contributed by atoms with Gasteiger partial charge < -0.3 is 28.4 Å². The maximum atomic E-state index is 13.9. The normalized spacial score (nSPS) is 13.2.